The Morgan fingerprint density at radius 3 is 2.64 bits per heavy atom. The maximum Gasteiger partial charge on any atom is 0.0953 e. The summed E-state index contributed by atoms with van der Waals surface area (Å²) in [5, 5.41) is 10.1. The second kappa shape index (κ2) is 4.59. The van der Waals surface area contributed by atoms with E-state index >= 15 is 0 Å². The van der Waals surface area contributed by atoms with Crippen molar-refractivity contribution in [1.82, 2.24) is 3.11 Å². The normalized spacial score (nSPS) is 25.1. The Kier molecular flexibility index (Phi) is 3.41. The number of aliphatic hydroxyl groups excluding tert-OH is 1. The van der Waals surface area contributed by atoms with Crippen molar-refractivity contribution in [3.05, 3.63) is 35.9 Å². The lowest BCUT2D eigenvalue weighted by Crippen LogP contribution is -2.26. The van der Waals surface area contributed by atoms with Crippen LogP contribution >= 0.6 is 22.9 Å². The second-order valence-corrected chi connectivity index (χ2v) is 4.93. The van der Waals surface area contributed by atoms with E-state index in [2.05, 4.69) is 26.0 Å². The van der Waals surface area contributed by atoms with Crippen LogP contribution in [0.3, 0.4) is 0 Å². The van der Waals surface area contributed by atoms with Gasteiger partial charge in [-0.2, -0.15) is 0 Å². The first-order chi connectivity index (χ1) is 6.79. The molecule has 1 aliphatic rings. The molecule has 2 atom stereocenters. The summed E-state index contributed by atoms with van der Waals surface area (Å²) in [4.78, 5) is 0. The van der Waals surface area contributed by atoms with Gasteiger partial charge in [-0.1, -0.05) is 30.3 Å². The fourth-order valence-corrected chi connectivity index (χ4v) is 2.87. The molecule has 0 aromatic heterocycles. The van der Waals surface area contributed by atoms with E-state index in [9.17, 15) is 5.11 Å². The van der Waals surface area contributed by atoms with Crippen LogP contribution in [0.1, 0.15) is 24.5 Å². The third-order valence-corrected chi connectivity index (χ3v) is 3.93. The highest BCUT2D eigenvalue weighted by Crippen LogP contribution is 2.31. The average molecular weight is 303 g/mol. The summed E-state index contributed by atoms with van der Waals surface area (Å²) in [7, 11) is 0. The van der Waals surface area contributed by atoms with Crippen molar-refractivity contribution >= 4 is 22.9 Å². The summed E-state index contributed by atoms with van der Waals surface area (Å²) < 4.78 is 2.22. The monoisotopic (exact) mass is 303 g/mol. The van der Waals surface area contributed by atoms with Gasteiger partial charge in [0.2, 0.25) is 0 Å². The molecule has 0 bridgehead atoms. The van der Waals surface area contributed by atoms with Crippen molar-refractivity contribution in [2.45, 2.75) is 25.0 Å². The van der Waals surface area contributed by atoms with E-state index in [0.717, 1.165) is 18.5 Å². The molecule has 76 valence electrons. The van der Waals surface area contributed by atoms with Gasteiger partial charge in [0.1, 0.15) is 0 Å². The van der Waals surface area contributed by atoms with Gasteiger partial charge in [-0.15, -0.1) is 0 Å². The van der Waals surface area contributed by atoms with E-state index in [4.69, 9.17) is 0 Å². The minimum absolute atomic E-state index is 0.290. The summed E-state index contributed by atoms with van der Waals surface area (Å²) in [5.74, 6) is 0. The topological polar surface area (TPSA) is 23.5 Å². The van der Waals surface area contributed by atoms with Crippen molar-refractivity contribution in [3.63, 3.8) is 0 Å². The molecule has 2 rings (SSSR count). The van der Waals surface area contributed by atoms with Gasteiger partial charge >= 0.3 is 0 Å². The number of benzene rings is 1. The Hall–Kier alpha value is -0.130. The molecule has 0 radical (unpaired) electrons. The molecule has 0 spiro atoms. The SMILES string of the molecule is O[C@@H](c1ccccc1)[C@H]1CCCN1I. The molecule has 0 unspecified atom stereocenters. The van der Waals surface area contributed by atoms with Crippen LogP contribution < -0.4 is 0 Å². The fraction of sp³-hybridized carbons (Fsp3) is 0.455. The van der Waals surface area contributed by atoms with Gasteiger partial charge in [0.05, 0.1) is 6.10 Å². The van der Waals surface area contributed by atoms with Gasteiger partial charge in [0.25, 0.3) is 0 Å². The highest BCUT2D eigenvalue weighted by Gasteiger charge is 2.29. The molecular formula is C11H14INO. The number of nitrogens with zero attached hydrogens (tertiary/aromatic N) is 1. The van der Waals surface area contributed by atoms with Crippen molar-refractivity contribution in [1.29, 1.82) is 0 Å². The number of hydrogen-bond donors (Lipinski definition) is 1. The molecule has 1 aromatic carbocycles. The van der Waals surface area contributed by atoms with Crippen LogP contribution in [0.2, 0.25) is 0 Å². The molecule has 0 aliphatic carbocycles. The first kappa shape index (κ1) is 10.4. The summed E-state index contributed by atoms with van der Waals surface area (Å²) in [6, 6.07) is 10.2. The minimum atomic E-state index is -0.337. The standard InChI is InChI=1S/C11H14INO/c12-13-8-4-7-10(13)11(14)9-5-2-1-3-6-9/h1-3,5-6,10-11,14H,4,7-8H2/t10-,11+/m1/s1. The molecular weight excluding hydrogens is 289 g/mol. The van der Waals surface area contributed by atoms with Crippen LogP contribution in [0.15, 0.2) is 30.3 Å². The van der Waals surface area contributed by atoms with E-state index in [1.807, 2.05) is 30.3 Å². The molecule has 1 aromatic rings. The zero-order valence-corrected chi connectivity index (χ0v) is 10.1. The fourth-order valence-electron chi connectivity index (χ4n) is 1.94. The Labute approximate surface area is 98.4 Å². The van der Waals surface area contributed by atoms with Gasteiger partial charge < -0.3 is 5.11 Å². The Morgan fingerprint density at radius 2 is 2.07 bits per heavy atom. The number of hydrogen-bond acceptors (Lipinski definition) is 2. The second-order valence-electron chi connectivity index (χ2n) is 3.69. The molecule has 1 saturated heterocycles. The smallest absolute Gasteiger partial charge is 0.0953 e. The van der Waals surface area contributed by atoms with E-state index in [0.29, 0.717) is 0 Å². The molecule has 2 nitrogen and oxygen atoms in total. The van der Waals surface area contributed by atoms with Crippen LogP contribution in [0, 0.1) is 0 Å². The Balaban J connectivity index is 2.12. The largest absolute Gasteiger partial charge is 0.387 e. The lowest BCUT2D eigenvalue weighted by molar-refractivity contribution is 0.117. The van der Waals surface area contributed by atoms with Gasteiger partial charge in [0.15, 0.2) is 0 Å². The summed E-state index contributed by atoms with van der Waals surface area (Å²) in [6.45, 7) is 1.09. The van der Waals surface area contributed by atoms with Gasteiger partial charge in [0, 0.05) is 35.5 Å². The van der Waals surface area contributed by atoms with E-state index in [1.165, 1.54) is 6.42 Å². The third-order valence-electron chi connectivity index (χ3n) is 2.74. The number of aliphatic hydroxyl groups is 1. The van der Waals surface area contributed by atoms with Crippen molar-refractivity contribution in [3.8, 4) is 0 Å². The third kappa shape index (κ3) is 2.10. The highest BCUT2D eigenvalue weighted by molar-refractivity contribution is 14.1. The first-order valence-corrected chi connectivity index (χ1v) is 5.91. The lowest BCUT2D eigenvalue weighted by atomic mass is 10.0. The summed E-state index contributed by atoms with van der Waals surface area (Å²) in [6.07, 6.45) is 1.95. The average Bonchev–Trinajstić information content (AvgIpc) is 2.65. The maximum atomic E-state index is 10.1. The van der Waals surface area contributed by atoms with Gasteiger partial charge in [-0.05, 0) is 18.4 Å². The Morgan fingerprint density at radius 1 is 1.36 bits per heavy atom. The predicted molar refractivity (Wildman–Crippen MR) is 65.1 cm³/mol. The quantitative estimate of drug-likeness (QED) is 0.670. The molecule has 3 heteroatoms. The van der Waals surface area contributed by atoms with E-state index in [1.54, 1.807) is 0 Å². The number of rotatable bonds is 2. The molecule has 1 fully saturated rings. The van der Waals surface area contributed by atoms with E-state index < -0.39 is 0 Å². The van der Waals surface area contributed by atoms with Crippen molar-refractivity contribution in [2.24, 2.45) is 0 Å². The molecule has 1 heterocycles. The molecule has 14 heavy (non-hydrogen) atoms. The lowest BCUT2D eigenvalue weighted by Gasteiger charge is -2.23. The first-order valence-electron chi connectivity index (χ1n) is 4.94. The molecule has 0 amide bonds. The van der Waals surface area contributed by atoms with Gasteiger partial charge in [-0.3, -0.25) is 0 Å². The number of halogens is 1. The minimum Gasteiger partial charge on any atom is -0.387 e. The van der Waals surface area contributed by atoms with Crippen LogP contribution in [0.5, 0.6) is 0 Å². The maximum absolute atomic E-state index is 10.1. The Bertz CT molecular complexity index is 291. The van der Waals surface area contributed by atoms with Crippen LogP contribution in [0.4, 0.5) is 0 Å². The zero-order valence-electron chi connectivity index (χ0n) is 7.94. The summed E-state index contributed by atoms with van der Waals surface area (Å²) in [5.41, 5.74) is 1.03. The molecule has 1 N–H and O–H groups in total. The summed E-state index contributed by atoms with van der Waals surface area (Å²) >= 11 is 2.31. The molecule has 0 saturated carbocycles. The van der Waals surface area contributed by atoms with Crippen LogP contribution in [-0.2, 0) is 0 Å². The molecule has 1 aliphatic heterocycles. The van der Waals surface area contributed by atoms with Gasteiger partial charge in [-0.25, -0.2) is 3.11 Å². The van der Waals surface area contributed by atoms with Crippen molar-refractivity contribution < 1.29 is 5.11 Å². The van der Waals surface area contributed by atoms with E-state index in [-0.39, 0.29) is 12.1 Å². The van der Waals surface area contributed by atoms with Crippen LogP contribution in [-0.4, -0.2) is 20.8 Å². The highest BCUT2D eigenvalue weighted by atomic mass is 127. The van der Waals surface area contributed by atoms with Crippen molar-refractivity contribution in [2.75, 3.05) is 6.54 Å². The van der Waals surface area contributed by atoms with Crippen LogP contribution in [0.25, 0.3) is 0 Å². The predicted octanol–water partition coefficient (Wildman–Crippen LogP) is 2.53. The zero-order chi connectivity index (χ0) is 9.97.